The van der Waals surface area contributed by atoms with Crippen molar-refractivity contribution in [3.05, 3.63) is 217 Å². The lowest BCUT2D eigenvalue weighted by Crippen LogP contribution is -2.19. The van der Waals surface area contributed by atoms with Gasteiger partial charge in [-0.3, -0.25) is 0 Å². The maximum Gasteiger partial charge on any atom is 0.165 e. The van der Waals surface area contributed by atoms with Gasteiger partial charge >= 0.3 is 0 Å². The fourth-order valence-corrected chi connectivity index (χ4v) is 9.60. The number of rotatable bonds is 5. The van der Waals surface area contributed by atoms with Crippen molar-refractivity contribution in [2.45, 2.75) is 6.04 Å². The third-order valence-electron chi connectivity index (χ3n) is 12.6. The molecule has 0 saturated heterocycles. The minimum Gasteiger partial charge on any atom is -0.456 e. The van der Waals surface area contributed by atoms with Crippen LogP contribution in [-0.4, -0.2) is 15.0 Å². The Labute approximate surface area is 363 Å². The first-order valence-electron chi connectivity index (χ1n) is 21.2. The largest absolute Gasteiger partial charge is 0.456 e. The topological polar surface area (TPSA) is 63.8 Å². The van der Waals surface area contributed by atoms with Crippen LogP contribution in [0.5, 0.6) is 0 Å². The summed E-state index contributed by atoms with van der Waals surface area (Å²) in [6, 6.07) is 74.4. The Morgan fingerprint density at radius 3 is 2.00 bits per heavy atom. The van der Waals surface area contributed by atoms with Gasteiger partial charge in [-0.1, -0.05) is 158 Å². The molecule has 1 aliphatic rings. The van der Waals surface area contributed by atoms with Gasteiger partial charge in [0.2, 0.25) is 0 Å². The van der Waals surface area contributed by atoms with Gasteiger partial charge in [-0.05, 0) is 92.3 Å². The SMILES string of the molecule is c1c2ccccc2c2cccc(-c3nc(-c4cccc(-c5ccccc5)c4)nc(-c4ccc5c(oc6ccccc65)c4C4Nc5cc6ccccc6cc5-c5ccccc54)n3)c2c#1. The molecule has 1 aliphatic heterocycles. The van der Waals surface area contributed by atoms with Crippen molar-refractivity contribution in [1.82, 2.24) is 15.0 Å². The second kappa shape index (κ2) is 14.0. The number of nitrogens with zero attached hydrogens (tertiary/aromatic N) is 3. The number of hydrogen-bond donors (Lipinski definition) is 1. The third kappa shape index (κ3) is 5.70. The van der Waals surface area contributed by atoms with Crippen LogP contribution in [0.3, 0.4) is 0 Å². The summed E-state index contributed by atoms with van der Waals surface area (Å²) in [5.41, 5.74) is 11.9. The van der Waals surface area contributed by atoms with E-state index in [1.807, 2.05) is 24.3 Å². The van der Waals surface area contributed by atoms with Gasteiger partial charge in [0.05, 0.1) is 6.04 Å². The molecule has 0 spiro atoms. The number of para-hydroxylation sites is 1. The van der Waals surface area contributed by atoms with Gasteiger partial charge in [0, 0.05) is 55.0 Å². The molecule has 1 N–H and O–H groups in total. The fraction of sp³-hybridized carbons (Fsp3) is 0.0172. The molecule has 292 valence electrons. The van der Waals surface area contributed by atoms with E-state index in [1.165, 1.54) is 21.9 Å². The molecule has 0 amide bonds. The zero-order valence-electron chi connectivity index (χ0n) is 33.8. The first-order chi connectivity index (χ1) is 31.2. The molecule has 1 unspecified atom stereocenters. The maximum atomic E-state index is 6.94. The highest BCUT2D eigenvalue weighted by atomic mass is 16.3. The van der Waals surface area contributed by atoms with Crippen LogP contribution in [0, 0.1) is 12.1 Å². The number of fused-ring (bicyclic) bond motifs is 10. The third-order valence-corrected chi connectivity index (χ3v) is 12.6. The molecule has 12 aromatic rings. The molecule has 3 heterocycles. The van der Waals surface area contributed by atoms with Gasteiger partial charge in [0.1, 0.15) is 11.2 Å². The summed E-state index contributed by atoms with van der Waals surface area (Å²) in [5.74, 6) is 1.66. The van der Waals surface area contributed by atoms with Crippen LogP contribution in [0.2, 0.25) is 0 Å². The highest BCUT2D eigenvalue weighted by Crippen LogP contribution is 2.49. The lowest BCUT2D eigenvalue weighted by atomic mass is 9.83. The molecular weight excluding hydrogens is 769 g/mol. The second-order valence-electron chi connectivity index (χ2n) is 16.2. The summed E-state index contributed by atoms with van der Waals surface area (Å²) >= 11 is 0. The number of anilines is 1. The van der Waals surface area contributed by atoms with Gasteiger partial charge in [-0.25, -0.2) is 15.0 Å². The summed E-state index contributed by atoms with van der Waals surface area (Å²) < 4.78 is 6.94. The molecule has 0 fully saturated rings. The Balaban J connectivity index is 1.09. The van der Waals surface area contributed by atoms with Crippen LogP contribution in [0.4, 0.5) is 5.69 Å². The number of hydrogen-bond acceptors (Lipinski definition) is 5. The predicted octanol–water partition coefficient (Wildman–Crippen LogP) is 14.7. The van der Waals surface area contributed by atoms with E-state index in [0.29, 0.717) is 17.5 Å². The van der Waals surface area contributed by atoms with Crippen LogP contribution in [0.15, 0.2) is 199 Å². The number of furan rings is 1. The van der Waals surface area contributed by atoms with Gasteiger partial charge < -0.3 is 9.73 Å². The van der Waals surface area contributed by atoms with Gasteiger partial charge in [-0.2, -0.15) is 0 Å². The molecule has 0 saturated carbocycles. The maximum absolute atomic E-state index is 6.94. The Morgan fingerprint density at radius 1 is 0.429 bits per heavy atom. The number of nitrogens with one attached hydrogen (secondary N) is 1. The quantitative estimate of drug-likeness (QED) is 0.188. The molecule has 1 atom stereocenters. The van der Waals surface area contributed by atoms with Crippen molar-refractivity contribution in [2.75, 3.05) is 5.32 Å². The van der Waals surface area contributed by atoms with Crippen molar-refractivity contribution in [3.63, 3.8) is 0 Å². The smallest absolute Gasteiger partial charge is 0.165 e. The van der Waals surface area contributed by atoms with Crippen LogP contribution >= 0.6 is 0 Å². The van der Waals surface area contributed by atoms with E-state index in [-0.39, 0.29) is 6.04 Å². The molecule has 63 heavy (non-hydrogen) atoms. The molecule has 0 radical (unpaired) electrons. The van der Waals surface area contributed by atoms with Crippen molar-refractivity contribution < 1.29 is 4.42 Å². The van der Waals surface area contributed by atoms with Crippen molar-refractivity contribution in [1.29, 1.82) is 0 Å². The van der Waals surface area contributed by atoms with Crippen molar-refractivity contribution in [2.24, 2.45) is 0 Å². The first kappa shape index (κ1) is 35.2. The Hall–Kier alpha value is -8.59. The molecule has 0 aliphatic carbocycles. The Bertz CT molecular complexity index is 3800. The average Bonchev–Trinajstić information content (AvgIpc) is 3.74. The summed E-state index contributed by atoms with van der Waals surface area (Å²) in [6.45, 7) is 0. The standard InChI is InChI=1S/C58H34N4O/c1-2-14-35(15-3-1)37-19-12-20-40(32-37)56-60-57(48-26-13-25-42-41-21-7-6-16-36(41)28-29-44(42)48)62-58(61-56)49-31-30-47-45-23-10-11-27-52(45)63-55(47)53(49)54-46-24-9-8-22-43(46)50-33-38-17-4-5-18-39(38)34-51(50)59-54/h1-27,30-34,54,59H. The second-order valence-corrected chi connectivity index (χ2v) is 16.2. The molecule has 5 nitrogen and oxygen atoms in total. The minimum absolute atomic E-state index is 0.314. The number of aromatic nitrogens is 3. The van der Waals surface area contributed by atoms with E-state index < -0.39 is 0 Å². The lowest BCUT2D eigenvalue weighted by Gasteiger charge is -2.31. The Kier molecular flexibility index (Phi) is 7.81. The molecule has 2 aromatic heterocycles. The predicted molar refractivity (Wildman–Crippen MR) is 256 cm³/mol. The van der Waals surface area contributed by atoms with Gasteiger partial charge in [0.25, 0.3) is 0 Å². The average molecular weight is 803 g/mol. The van der Waals surface area contributed by atoms with E-state index in [9.17, 15) is 0 Å². The fourth-order valence-electron chi connectivity index (χ4n) is 9.60. The van der Waals surface area contributed by atoms with Crippen LogP contribution in [0.25, 0.3) is 111 Å². The van der Waals surface area contributed by atoms with E-state index >= 15 is 0 Å². The normalized spacial score (nSPS) is 13.2. The highest BCUT2D eigenvalue weighted by molar-refractivity contribution is 6.11. The van der Waals surface area contributed by atoms with Gasteiger partial charge in [0.15, 0.2) is 17.5 Å². The van der Waals surface area contributed by atoms with Crippen LogP contribution < -0.4 is 5.32 Å². The van der Waals surface area contributed by atoms with Crippen molar-refractivity contribution >= 4 is 59.9 Å². The summed E-state index contributed by atoms with van der Waals surface area (Å²) in [6.07, 6.45) is 0. The molecule has 0 bridgehead atoms. The van der Waals surface area contributed by atoms with E-state index in [1.54, 1.807) is 0 Å². The summed E-state index contributed by atoms with van der Waals surface area (Å²) in [7, 11) is 0. The van der Waals surface area contributed by atoms with Crippen LogP contribution in [0.1, 0.15) is 17.2 Å². The zero-order valence-corrected chi connectivity index (χ0v) is 33.8. The Morgan fingerprint density at radius 2 is 1.10 bits per heavy atom. The minimum atomic E-state index is -0.314. The molecular formula is C58H34N4O. The monoisotopic (exact) mass is 802 g/mol. The molecule has 13 rings (SSSR count). The van der Waals surface area contributed by atoms with E-state index in [4.69, 9.17) is 19.4 Å². The molecule has 5 heteroatoms. The van der Waals surface area contributed by atoms with Crippen LogP contribution in [-0.2, 0) is 0 Å². The molecule has 10 aromatic carbocycles. The highest BCUT2D eigenvalue weighted by Gasteiger charge is 2.32. The zero-order chi connectivity index (χ0) is 41.4. The lowest BCUT2D eigenvalue weighted by molar-refractivity contribution is 0.660. The summed E-state index contributed by atoms with van der Waals surface area (Å²) in [5, 5.41) is 12.6. The first-order valence-corrected chi connectivity index (χ1v) is 21.2. The van der Waals surface area contributed by atoms with E-state index in [2.05, 4.69) is 187 Å². The van der Waals surface area contributed by atoms with Crippen molar-refractivity contribution in [3.8, 4) is 56.4 Å². The number of benzene rings is 9. The van der Waals surface area contributed by atoms with E-state index in [0.717, 1.165) is 88.1 Å². The van der Waals surface area contributed by atoms with Gasteiger partial charge in [-0.15, -0.1) is 0 Å². The summed E-state index contributed by atoms with van der Waals surface area (Å²) in [4.78, 5) is 16.2.